The van der Waals surface area contributed by atoms with E-state index in [1.165, 1.54) is 6.20 Å². The Morgan fingerprint density at radius 1 is 1.25 bits per heavy atom. The number of hydrogen-bond donors (Lipinski definition) is 3. The summed E-state index contributed by atoms with van der Waals surface area (Å²) in [5.74, 6) is 1.57. The van der Waals surface area contributed by atoms with E-state index < -0.39 is 5.72 Å². The van der Waals surface area contributed by atoms with Crippen LogP contribution in [0.15, 0.2) is 24.4 Å². The second-order valence-electron chi connectivity index (χ2n) is 6.17. The molecule has 3 rings (SSSR count). The number of nitrogens with one attached hydrogen (secondary N) is 1. The lowest BCUT2D eigenvalue weighted by molar-refractivity contribution is 0.0311. The van der Waals surface area contributed by atoms with E-state index in [0.717, 1.165) is 24.8 Å². The first-order valence-electron chi connectivity index (χ1n) is 8.02. The summed E-state index contributed by atoms with van der Waals surface area (Å²) in [5, 5.41) is 14.4. The maximum Gasteiger partial charge on any atom is 0.222 e. The normalized spacial score (nSPS) is 16.6. The van der Waals surface area contributed by atoms with E-state index in [1.54, 1.807) is 12.1 Å². The maximum atomic E-state index is 10.7. The van der Waals surface area contributed by atoms with Crippen LogP contribution in [0, 0.1) is 6.92 Å². The molecule has 2 aromatic rings. The van der Waals surface area contributed by atoms with Crippen LogP contribution in [0.25, 0.3) is 0 Å². The molecule has 0 atom stereocenters. The van der Waals surface area contributed by atoms with Crippen LogP contribution in [-0.4, -0.2) is 20.8 Å². The van der Waals surface area contributed by atoms with Gasteiger partial charge in [0.2, 0.25) is 5.95 Å². The molecule has 1 aromatic heterocycles. The third-order valence-corrected chi connectivity index (χ3v) is 4.40. The summed E-state index contributed by atoms with van der Waals surface area (Å²) >= 11 is 5.98. The minimum absolute atomic E-state index is 0.122. The molecule has 1 aromatic carbocycles. The van der Waals surface area contributed by atoms with Crippen molar-refractivity contribution in [2.45, 2.75) is 44.8 Å². The summed E-state index contributed by atoms with van der Waals surface area (Å²) in [5.41, 5.74) is 5.60. The largest absolute Gasteiger partial charge is 0.452 e. The van der Waals surface area contributed by atoms with E-state index in [1.807, 2.05) is 13.0 Å². The molecule has 0 unspecified atom stereocenters. The molecule has 4 N–H and O–H groups in total. The second-order valence-corrected chi connectivity index (χ2v) is 6.61. The molecule has 0 amide bonds. The Kier molecular flexibility index (Phi) is 4.78. The first kappa shape index (κ1) is 16.8. The number of hydrogen-bond acceptors (Lipinski definition) is 6. The third kappa shape index (κ3) is 3.88. The van der Waals surface area contributed by atoms with E-state index >= 15 is 0 Å². The molecule has 1 saturated carbocycles. The highest BCUT2D eigenvalue weighted by Gasteiger charge is 2.30. The maximum absolute atomic E-state index is 10.7. The lowest BCUT2D eigenvalue weighted by atomic mass is 9.92. The van der Waals surface area contributed by atoms with Crippen molar-refractivity contribution in [2.24, 2.45) is 0 Å². The zero-order valence-electron chi connectivity index (χ0n) is 13.6. The molecule has 0 bridgehead atoms. The summed E-state index contributed by atoms with van der Waals surface area (Å²) in [6.45, 7) is 1.90. The fourth-order valence-electron chi connectivity index (χ4n) is 2.88. The number of halogens is 1. The Hall–Kier alpha value is -2.05. The Morgan fingerprint density at radius 3 is 2.71 bits per heavy atom. The molecule has 0 spiro atoms. The number of benzene rings is 1. The third-order valence-electron chi connectivity index (χ3n) is 4.16. The summed E-state index contributed by atoms with van der Waals surface area (Å²) in [6, 6.07) is 5.35. The van der Waals surface area contributed by atoms with Crippen LogP contribution in [0.2, 0.25) is 5.02 Å². The number of aliphatic hydroxyl groups is 1. The van der Waals surface area contributed by atoms with Crippen molar-refractivity contribution in [1.29, 1.82) is 0 Å². The van der Waals surface area contributed by atoms with Gasteiger partial charge in [-0.05, 0) is 56.4 Å². The topological polar surface area (TPSA) is 93.3 Å². The van der Waals surface area contributed by atoms with E-state index in [9.17, 15) is 5.11 Å². The van der Waals surface area contributed by atoms with Crippen molar-refractivity contribution in [3.05, 3.63) is 35.0 Å². The van der Waals surface area contributed by atoms with Gasteiger partial charge in [-0.25, -0.2) is 4.98 Å². The predicted octanol–water partition coefficient (Wildman–Crippen LogP) is 3.88. The van der Waals surface area contributed by atoms with Gasteiger partial charge in [-0.15, -0.1) is 0 Å². The molecule has 1 aliphatic carbocycles. The van der Waals surface area contributed by atoms with Gasteiger partial charge in [0.25, 0.3) is 0 Å². The molecule has 0 saturated heterocycles. The van der Waals surface area contributed by atoms with Crippen molar-refractivity contribution < 1.29 is 9.84 Å². The first-order valence-corrected chi connectivity index (χ1v) is 8.40. The fourth-order valence-corrected chi connectivity index (χ4v) is 3.10. The average molecular weight is 349 g/mol. The number of nitrogen functional groups attached to an aromatic ring is 1. The number of ether oxygens (including phenoxy) is 1. The summed E-state index contributed by atoms with van der Waals surface area (Å²) < 4.78 is 5.92. The number of rotatable bonds is 4. The van der Waals surface area contributed by atoms with Crippen LogP contribution < -0.4 is 15.8 Å². The summed E-state index contributed by atoms with van der Waals surface area (Å²) in [7, 11) is 0. The molecule has 1 heterocycles. The van der Waals surface area contributed by atoms with Gasteiger partial charge in [0, 0.05) is 5.02 Å². The number of nitrogens with zero attached hydrogens (tertiary/aromatic N) is 2. The standard InChI is InChI=1S/C17H21ClN4O2/c1-11-9-12(18)5-6-13(11)24-14-10-20-16(19)21-15(14)22-17(23)7-3-2-4-8-17/h5-6,9-10,23H,2-4,7-8H2,1H3,(H3,19,20,21,22). The molecule has 24 heavy (non-hydrogen) atoms. The van der Waals surface area contributed by atoms with Crippen molar-refractivity contribution in [3.63, 3.8) is 0 Å². The Balaban J connectivity index is 1.87. The Bertz CT molecular complexity index is 733. The highest BCUT2D eigenvalue weighted by molar-refractivity contribution is 6.30. The fraction of sp³-hybridized carbons (Fsp3) is 0.412. The monoisotopic (exact) mass is 348 g/mol. The van der Waals surface area contributed by atoms with Crippen LogP contribution in [0.1, 0.15) is 37.7 Å². The van der Waals surface area contributed by atoms with E-state index in [4.69, 9.17) is 22.1 Å². The highest BCUT2D eigenvalue weighted by Crippen LogP contribution is 2.35. The Labute approximate surface area is 146 Å². The number of aryl methyl sites for hydroxylation is 1. The van der Waals surface area contributed by atoms with Gasteiger partial charge in [-0.2, -0.15) is 4.98 Å². The quantitative estimate of drug-likeness (QED) is 0.726. The van der Waals surface area contributed by atoms with E-state index in [0.29, 0.717) is 35.2 Å². The average Bonchev–Trinajstić information content (AvgIpc) is 2.52. The van der Waals surface area contributed by atoms with Gasteiger partial charge in [-0.3, -0.25) is 0 Å². The molecular weight excluding hydrogens is 328 g/mol. The molecule has 6 nitrogen and oxygen atoms in total. The minimum atomic E-state index is -0.994. The highest BCUT2D eigenvalue weighted by atomic mass is 35.5. The van der Waals surface area contributed by atoms with Crippen LogP contribution in [0.3, 0.4) is 0 Å². The predicted molar refractivity (Wildman–Crippen MR) is 94.4 cm³/mol. The van der Waals surface area contributed by atoms with E-state index in [2.05, 4.69) is 15.3 Å². The molecule has 1 aliphatic rings. The molecule has 7 heteroatoms. The smallest absolute Gasteiger partial charge is 0.222 e. The van der Waals surface area contributed by atoms with Crippen molar-refractivity contribution in [1.82, 2.24) is 9.97 Å². The second kappa shape index (κ2) is 6.83. The summed E-state index contributed by atoms with van der Waals surface area (Å²) in [4.78, 5) is 8.19. The van der Waals surface area contributed by atoms with Gasteiger partial charge < -0.3 is 20.9 Å². The van der Waals surface area contributed by atoms with E-state index in [-0.39, 0.29) is 5.95 Å². The SMILES string of the molecule is Cc1cc(Cl)ccc1Oc1cnc(N)nc1NC1(O)CCCCC1. The van der Waals surface area contributed by atoms with Crippen LogP contribution in [-0.2, 0) is 0 Å². The van der Waals surface area contributed by atoms with Crippen molar-refractivity contribution >= 4 is 23.4 Å². The summed E-state index contributed by atoms with van der Waals surface area (Å²) in [6.07, 6.45) is 5.90. The van der Waals surface area contributed by atoms with Gasteiger partial charge >= 0.3 is 0 Å². The number of anilines is 2. The molecule has 0 radical (unpaired) electrons. The Morgan fingerprint density at radius 2 is 2.00 bits per heavy atom. The van der Waals surface area contributed by atoms with Crippen LogP contribution in [0.5, 0.6) is 11.5 Å². The lowest BCUT2D eigenvalue weighted by Crippen LogP contribution is -2.40. The minimum Gasteiger partial charge on any atom is -0.452 e. The van der Waals surface area contributed by atoms with Crippen LogP contribution in [0.4, 0.5) is 11.8 Å². The zero-order valence-corrected chi connectivity index (χ0v) is 14.3. The number of nitrogens with two attached hydrogens (primary N) is 1. The van der Waals surface area contributed by atoms with Crippen molar-refractivity contribution in [3.8, 4) is 11.5 Å². The van der Waals surface area contributed by atoms with Crippen molar-refractivity contribution in [2.75, 3.05) is 11.1 Å². The number of aromatic nitrogens is 2. The molecular formula is C17H21ClN4O2. The van der Waals surface area contributed by atoms with Gasteiger partial charge in [-0.1, -0.05) is 18.0 Å². The zero-order chi connectivity index (χ0) is 17.2. The van der Waals surface area contributed by atoms with Gasteiger partial charge in [0.15, 0.2) is 11.6 Å². The van der Waals surface area contributed by atoms with Gasteiger partial charge in [0.05, 0.1) is 6.20 Å². The van der Waals surface area contributed by atoms with Crippen LogP contribution >= 0.6 is 11.6 Å². The van der Waals surface area contributed by atoms with Gasteiger partial charge in [0.1, 0.15) is 11.5 Å². The molecule has 0 aliphatic heterocycles. The lowest BCUT2D eigenvalue weighted by Gasteiger charge is -2.33. The molecule has 128 valence electrons. The molecule has 1 fully saturated rings. The first-order chi connectivity index (χ1) is 11.5.